The fourth-order valence-corrected chi connectivity index (χ4v) is 3.10. The van der Waals surface area contributed by atoms with Gasteiger partial charge in [-0.2, -0.15) is 0 Å². The van der Waals surface area contributed by atoms with Crippen molar-refractivity contribution in [1.29, 1.82) is 0 Å². The highest BCUT2D eigenvalue weighted by molar-refractivity contribution is 8.14. The summed E-state index contributed by atoms with van der Waals surface area (Å²) in [5.41, 5.74) is 0.407. The van der Waals surface area contributed by atoms with Crippen molar-refractivity contribution >= 4 is 16.9 Å². The summed E-state index contributed by atoms with van der Waals surface area (Å²) in [7, 11) is 0. The number of hydrogen-bond donors (Lipinski definition) is 1. The quantitative estimate of drug-likeness (QED) is 0.730. The molecule has 1 N–H and O–H groups in total. The Morgan fingerprint density at radius 1 is 1.46 bits per heavy atom. The molecule has 2 fully saturated rings. The van der Waals surface area contributed by atoms with Crippen LogP contribution in [0.2, 0.25) is 0 Å². The van der Waals surface area contributed by atoms with Gasteiger partial charge in [-0.15, -0.1) is 0 Å². The van der Waals surface area contributed by atoms with Crippen molar-refractivity contribution in [3.8, 4) is 0 Å². The summed E-state index contributed by atoms with van der Waals surface area (Å²) in [6, 6.07) is 0. The van der Waals surface area contributed by atoms with E-state index in [-0.39, 0.29) is 0 Å². The number of thioether (sulfide) groups is 1. The molecule has 0 radical (unpaired) electrons. The molecule has 0 aromatic carbocycles. The molecule has 3 heteroatoms. The second-order valence-electron chi connectivity index (χ2n) is 4.83. The van der Waals surface area contributed by atoms with Gasteiger partial charge in [0.05, 0.1) is 6.54 Å². The number of hydrogen-bond acceptors (Lipinski definition) is 3. The lowest BCUT2D eigenvalue weighted by Crippen LogP contribution is -2.31. The Morgan fingerprint density at radius 3 is 2.85 bits per heavy atom. The standard InChI is InChI=1S/C10H16N2S/c1-10(4-5-10)12-9-11-6-8(13-9)7-2-3-7/h7-8H,2-6H2,1H3,(H,11,12). The first-order chi connectivity index (χ1) is 6.25. The maximum Gasteiger partial charge on any atom is 0.157 e. The van der Waals surface area contributed by atoms with E-state index in [1.807, 2.05) is 11.8 Å². The summed E-state index contributed by atoms with van der Waals surface area (Å²) < 4.78 is 0. The van der Waals surface area contributed by atoms with Crippen molar-refractivity contribution in [2.45, 2.75) is 43.4 Å². The van der Waals surface area contributed by atoms with Crippen LogP contribution in [0.1, 0.15) is 32.6 Å². The molecule has 0 spiro atoms. The van der Waals surface area contributed by atoms with Crippen LogP contribution in [0, 0.1) is 5.92 Å². The number of nitrogens with zero attached hydrogens (tertiary/aromatic N) is 1. The van der Waals surface area contributed by atoms with Crippen molar-refractivity contribution in [1.82, 2.24) is 5.32 Å². The van der Waals surface area contributed by atoms with Crippen LogP contribution < -0.4 is 5.32 Å². The Hall–Kier alpha value is -0.180. The van der Waals surface area contributed by atoms with E-state index in [2.05, 4.69) is 17.2 Å². The van der Waals surface area contributed by atoms with E-state index in [4.69, 9.17) is 0 Å². The van der Waals surface area contributed by atoms with Crippen molar-refractivity contribution in [2.75, 3.05) is 6.54 Å². The highest BCUT2D eigenvalue weighted by Crippen LogP contribution is 2.43. The van der Waals surface area contributed by atoms with Gasteiger partial charge in [0.2, 0.25) is 0 Å². The molecule has 3 rings (SSSR count). The zero-order valence-corrected chi connectivity index (χ0v) is 8.86. The van der Waals surface area contributed by atoms with E-state index in [9.17, 15) is 0 Å². The van der Waals surface area contributed by atoms with Gasteiger partial charge >= 0.3 is 0 Å². The maximum absolute atomic E-state index is 4.57. The van der Waals surface area contributed by atoms with Gasteiger partial charge in [-0.1, -0.05) is 11.8 Å². The summed E-state index contributed by atoms with van der Waals surface area (Å²) in [6.07, 6.45) is 5.52. The van der Waals surface area contributed by atoms with Crippen LogP contribution in [0.15, 0.2) is 4.99 Å². The SMILES string of the molecule is CC1(NC2=NCC(C3CC3)S2)CC1. The molecule has 2 nitrogen and oxygen atoms in total. The molecule has 72 valence electrons. The molecule has 0 bridgehead atoms. The first kappa shape index (κ1) is 8.16. The Bertz CT molecular complexity index is 254. The molecule has 1 unspecified atom stereocenters. The predicted octanol–water partition coefficient (Wildman–Crippen LogP) is 2.01. The van der Waals surface area contributed by atoms with Gasteiger partial charge in [-0.25, -0.2) is 0 Å². The van der Waals surface area contributed by atoms with Gasteiger partial charge in [0, 0.05) is 10.8 Å². The highest BCUT2D eigenvalue weighted by Gasteiger charge is 2.41. The van der Waals surface area contributed by atoms with Crippen molar-refractivity contribution in [3.05, 3.63) is 0 Å². The van der Waals surface area contributed by atoms with Crippen molar-refractivity contribution < 1.29 is 0 Å². The van der Waals surface area contributed by atoms with E-state index in [0.717, 1.165) is 17.7 Å². The molecule has 0 saturated heterocycles. The lowest BCUT2D eigenvalue weighted by Gasteiger charge is -2.12. The zero-order valence-electron chi connectivity index (χ0n) is 8.05. The van der Waals surface area contributed by atoms with Crippen molar-refractivity contribution in [2.24, 2.45) is 10.9 Å². The Morgan fingerprint density at radius 2 is 2.23 bits per heavy atom. The van der Waals surface area contributed by atoms with Gasteiger partial charge in [0.1, 0.15) is 0 Å². The summed E-state index contributed by atoms with van der Waals surface area (Å²) in [6.45, 7) is 3.36. The molecule has 0 amide bonds. The molecule has 0 aromatic heterocycles. The number of nitrogens with one attached hydrogen (secondary N) is 1. The Kier molecular flexibility index (Phi) is 1.67. The first-order valence-corrected chi connectivity index (χ1v) is 6.12. The Balaban J connectivity index is 1.55. The minimum absolute atomic E-state index is 0.407. The molecular formula is C10H16N2S. The van der Waals surface area contributed by atoms with E-state index < -0.39 is 0 Å². The molecule has 1 atom stereocenters. The van der Waals surface area contributed by atoms with Gasteiger partial charge < -0.3 is 5.32 Å². The topological polar surface area (TPSA) is 24.4 Å². The lowest BCUT2D eigenvalue weighted by molar-refractivity contribution is 0.672. The van der Waals surface area contributed by atoms with Crippen LogP contribution in [0.3, 0.4) is 0 Å². The number of amidine groups is 1. The smallest absolute Gasteiger partial charge is 0.157 e. The molecule has 1 heterocycles. The van der Waals surface area contributed by atoms with Crippen LogP contribution in [0.25, 0.3) is 0 Å². The molecule has 2 saturated carbocycles. The normalized spacial score (nSPS) is 35.8. The van der Waals surface area contributed by atoms with E-state index >= 15 is 0 Å². The second kappa shape index (κ2) is 2.66. The molecule has 1 aliphatic heterocycles. The van der Waals surface area contributed by atoms with Crippen molar-refractivity contribution in [3.63, 3.8) is 0 Å². The van der Waals surface area contributed by atoms with Gasteiger partial charge in [-0.3, -0.25) is 4.99 Å². The average molecular weight is 196 g/mol. The van der Waals surface area contributed by atoms with Crippen LogP contribution in [-0.4, -0.2) is 22.5 Å². The molecule has 3 aliphatic rings. The molecule has 0 aromatic rings. The van der Waals surface area contributed by atoms with Crippen LogP contribution >= 0.6 is 11.8 Å². The third-order valence-corrected chi connectivity index (χ3v) is 4.53. The third kappa shape index (κ3) is 1.71. The third-order valence-electron chi connectivity index (χ3n) is 3.23. The summed E-state index contributed by atoms with van der Waals surface area (Å²) in [5.74, 6) is 0.986. The fourth-order valence-electron chi connectivity index (χ4n) is 1.74. The molecular weight excluding hydrogens is 180 g/mol. The summed E-state index contributed by atoms with van der Waals surface area (Å²) in [4.78, 5) is 4.57. The van der Waals surface area contributed by atoms with Gasteiger partial charge in [0.15, 0.2) is 5.17 Å². The lowest BCUT2D eigenvalue weighted by atomic mass is 10.3. The van der Waals surface area contributed by atoms with Crippen LogP contribution in [-0.2, 0) is 0 Å². The first-order valence-electron chi connectivity index (χ1n) is 5.24. The minimum atomic E-state index is 0.407. The second-order valence-corrected chi connectivity index (χ2v) is 6.05. The number of rotatable bonds is 2. The molecule has 2 aliphatic carbocycles. The largest absolute Gasteiger partial charge is 0.360 e. The molecule has 13 heavy (non-hydrogen) atoms. The summed E-state index contributed by atoms with van der Waals surface area (Å²) in [5, 5.41) is 5.58. The number of aliphatic imine (C=N–C) groups is 1. The predicted molar refractivity (Wildman–Crippen MR) is 57.2 cm³/mol. The van der Waals surface area contributed by atoms with Gasteiger partial charge in [0.25, 0.3) is 0 Å². The zero-order chi connectivity index (χ0) is 8.89. The Labute approximate surface area is 83.6 Å². The maximum atomic E-state index is 4.57. The van der Waals surface area contributed by atoms with E-state index in [0.29, 0.717) is 5.54 Å². The average Bonchev–Trinajstić information content (AvgIpc) is 2.99. The fraction of sp³-hybridized carbons (Fsp3) is 0.900. The van der Waals surface area contributed by atoms with E-state index in [1.54, 1.807) is 0 Å². The van der Waals surface area contributed by atoms with Gasteiger partial charge in [-0.05, 0) is 38.5 Å². The van der Waals surface area contributed by atoms with E-state index in [1.165, 1.54) is 30.9 Å². The summed E-state index contributed by atoms with van der Waals surface area (Å²) >= 11 is 1.99. The van der Waals surface area contributed by atoms with Crippen LogP contribution in [0.5, 0.6) is 0 Å². The highest BCUT2D eigenvalue weighted by atomic mass is 32.2. The monoisotopic (exact) mass is 196 g/mol. The van der Waals surface area contributed by atoms with Crippen LogP contribution in [0.4, 0.5) is 0 Å². The minimum Gasteiger partial charge on any atom is -0.360 e.